The van der Waals surface area contributed by atoms with Crippen LogP contribution in [0.1, 0.15) is 18.4 Å². The van der Waals surface area contributed by atoms with Gasteiger partial charge >= 0.3 is 0 Å². The molecule has 2 aromatic rings. The molecule has 0 bridgehead atoms. The van der Waals surface area contributed by atoms with Crippen LogP contribution in [-0.2, 0) is 11.3 Å². The molecule has 1 atom stereocenters. The summed E-state index contributed by atoms with van der Waals surface area (Å²) in [4.78, 5) is 15.1. The lowest BCUT2D eigenvalue weighted by Crippen LogP contribution is -2.25. The second-order valence-corrected chi connectivity index (χ2v) is 5.20. The van der Waals surface area contributed by atoms with Crippen LogP contribution in [0.15, 0.2) is 30.5 Å². The molecular formula is C15H19N3O. The lowest BCUT2D eigenvalue weighted by molar-refractivity contribution is -0.122. The van der Waals surface area contributed by atoms with Crippen molar-refractivity contribution >= 4 is 16.8 Å². The summed E-state index contributed by atoms with van der Waals surface area (Å²) < 4.78 is 0. The highest BCUT2D eigenvalue weighted by Gasteiger charge is 2.17. The number of hydrogen-bond donors (Lipinski definition) is 3. The van der Waals surface area contributed by atoms with E-state index in [9.17, 15) is 4.79 Å². The average molecular weight is 257 g/mol. The molecule has 1 fully saturated rings. The second-order valence-electron chi connectivity index (χ2n) is 5.20. The maximum absolute atomic E-state index is 11.9. The van der Waals surface area contributed by atoms with Crippen LogP contribution in [-0.4, -0.2) is 24.0 Å². The molecule has 1 aromatic heterocycles. The van der Waals surface area contributed by atoms with Gasteiger partial charge in [-0.05, 0) is 37.1 Å². The van der Waals surface area contributed by atoms with Gasteiger partial charge in [-0.1, -0.05) is 18.2 Å². The number of aromatic nitrogens is 1. The van der Waals surface area contributed by atoms with Crippen molar-refractivity contribution in [3.05, 3.63) is 36.0 Å². The fraction of sp³-hybridized carbons (Fsp3) is 0.400. The van der Waals surface area contributed by atoms with E-state index in [0.717, 1.165) is 30.6 Å². The lowest BCUT2D eigenvalue weighted by Gasteiger charge is -2.08. The Kier molecular flexibility index (Phi) is 3.51. The Morgan fingerprint density at radius 1 is 1.37 bits per heavy atom. The summed E-state index contributed by atoms with van der Waals surface area (Å²) in [5, 5.41) is 7.49. The fourth-order valence-corrected chi connectivity index (χ4v) is 2.69. The number of hydrogen-bond acceptors (Lipinski definition) is 2. The van der Waals surface area contributed by atoms with E-state index >= 15 is 0 Å². The predicted octanol–water partition coefficient (Wildman–Crippen LogP) is 1.78. The summed E-state index contributed by atoms with van der Waals surface area (Å²) in [6, 6.07) is 8.15. The van der Waals surface area contributed by atoms with E-state index in [0.29, 0.717) is 18.9 Å². The second kappa shape index (κ2) is 5.45. The predicted molar refractivity (Wildman–Crippen MR) is 75.7 cm³/mol. The molecule has 4 heteroatoms. The topological polar surface area (TPSA) is 56.9 Å². The van der Waals surface area contributed by atoms with Gasteiger partial charge in [-0.15, -0.1) is 0 Å². The van der Waals surface area contributed by atoms with Gasteiger partial charge in [0.15, 0.2) is 0 Å². The number of benzene rings is 1. The van der Waals surface area contributed by atoms with Crippen LogP contribution in [0.5, 0.6) is 0 Å². The number of para-hydroxylation sites is 1. The molecular weight excluding hydrogens is 238 g/mol. The number of carbonyl (C=O) groups is 1. The van der Waals surface area contributed by atoms with Crippen LogP contribution >= 0.6 is 0 Å². The summed E-state index contributed by atoms with van der Waals surface area (Å²) in [6.45, 7) is 2.61. The van der Waals surface area contributed by atoms with Gasteiger partial charge in [0.1, 0.15) is 0 Å². The number of aromatic amines is 1. The SMILES string of the molecule is O=C(CC1CCNC1)NCc1c[nH]c2ccccc12. The molecule has 1 unspecified atom stereocenters. The van der Waals surface area contributed by atoms with Crippen LogP contribution in [0.2, 0.25) is 0 Å². The highest BCUT2D eigenvalue weighted by Crippen LogP contribution is 2.17. The minimum Gasteiger partial charge on any atom is -0.361 e. The molecule has 0 radical (unpaired) electrons. The molecule has 1 saturated heterocycles. The first kappa shape index (κ1) is 12.2. The van der Waals surface area contributed by atoms with Crippen molar-refractivity contribution in [2.24, 2.45) is 5.92 Å². The number of carbonyl (C=O) groups excluding carboxylic acids is 1. The fourth-order valence-electron chi connectivity index (χ4n) is 2.69. The van der Waals surface area contributed by atoms with E-state index < -0.39 is 0 Å². The maximum atomic E-state index is 11.9. The van der Waals surface area contributed by atoms with Crippen molar-refractivity contribution < 1.29 is 4.79 Å². The average Bonchev–Trinajstić information content (AvgIpc) is 3.05. The number of nitrogens with one attached hydrogen (secondary N) is 3. The van der Waals surface area contributed by atoms with Gasteiger partial charge in [-0.25, -0.2) is 0 Å². The smallest absolute Gasteiger partial charge is 0.220 e. The van der Waals surface area contributed by atoms with Gasteiger partial charge < -0.3 is 15.6 Å². The van der Waals surface area contributed by atoms with E-state index in [1.54, 1.807) is 0 Å². The molecule has 3 N–H and O–H groups in total. The first-order valence-corrected chi connectivity index (χ1v) is 6.85. The molecule has 19 heavy (non-hydrogen) atoms. The van der Waals surface area contributed by atoms with Crippen LogP contribution in [0.25, 0.3) is 10.9 Å². The lowest BCUT2D eigenvalue weighted by atomic mass is 10.0. The Bertz CT molecular complexity index is 570. The zero-order valence-electron chi connectivity index (χ0n) is 10.9. The van der Waals surface area contributed by atoms with E-state index in [1.807, 2.05) is 24.4 Å². The van der Waals surface area contributed by atoms with Crippen LogP contribution in [0, 0.1) is 5.92 Å². The Balaban J connectivity index is 1.58. The summed E-state index contributed by atoms with van der Waals surface area (Å²) >= 11 is 0. The van der Waals surface area contributed by atoms with Crippen molar-refractivity contribution in [1.82, 2.24) is 15.6 Å². The monoisotopic (exact) mass is 257 g/mol. The summed E-state index contributed by atoms with van der Waals surface area (Å²) in [5.41, 5.74) is 2.26. The Morgan fingerprint density at radius 2 is 2.26 bits per heavy atom. The summed E-state index contributed by atoms with van der Waals surface area (Å²) in [6.07, 6.45) is 3.72. The van der Waals surface area contributed by atoms with E-state index in [2.05, 4.69) is 21.7 Å². The largest absolute Gasteiger partial charge is 0.361 e. The van der Waals surface area contributed by atoms with Gasteiger partial charge in [0.05, 0.1) is 0 Å². The van der Waals surface area contributed by atoms with Crippen molar-refractivity contribution in [3.63, 3.8) is 0 Å². The third-order valence-corrected chi connectivity index (χ3v) is 3.79. The van der Waals surface area contributed by atoms with Gasteiger partial charge in [0, 0.05) is 30.1 Å². The number of rotatable bonds is 4. The minimum absolute atomic E-state index is 0.152. The van der Waals surface area contributed by atoms with Crippen LogP contribution in [0.3, 0.4) is 0 Å². The molecule has 0 spiro atoms. The Morgan fingerprint density at radius 3 is 3.11 bits per heavy atom. The van der Waals surface area contributed by atoms with E-state index in [4.69, 9.17) is 0 Å². The molecule has 1 aliphatic rings. The Hall–Kier alpha value is -1.81. The highest BCUT2D eigenvalue weighted by atomic mass is 16.1. The number of fused-ring (bicyclic) bond motifs is 1. The minimum atomic E-state index is 0.152. The first-order valence-electron chi connectivity index (χ1n) is 6.85. The van der Waals surface area contributed by atoms with E-state index in [-0.39, 0.29) is 5.91 Å². The van der Waals surface area contributed by atoms with Crippen molar-refractivity contribution in [2.75, 3.05) is 13.1 Å². The van der Waals surface area contributed by atoms with Gasteiger partial charge in [-0.3, -0.25) is 4.79 Å². The van der Waals surface area contributed by atoms with E-state index in [1.165, 1.54) is 5.39 Å². The quantitative estimate of drug-likeness (QED) is 0.782. The van der Waals surface area contributed by atoms with Gasteiger partial charge in [0.25, 0.3) is 0 Å². The standard InChI is InChI=1S/C15H19N3O/c19-15(7-11-5-6-16-8-11)18-10-12-9-17-14-4-2-1-3-13(12)14/h1-4,9,11,16-17H,5-8,10H2,(H,18,19). The number of amides is 1. The molecule has 2 heterocycles. The summed E-state index contributed by atoms with van der Waals surface area (Å²) in [5.74, 6) is 0.655. The van der Waals surface area contributed by atoms with Crippen molar-refractivity contribution in [1.29, 1.82) is 0 Å². The highest BCUT2D eigenvalue weighted by molar-refractivity contribution is 5.84. The molecule has 1 aliphatic heterocycles. The molecule has 0 saturated carbocycles. The first-order chi connectivity index (χ1) is 9.33. The number of H-pyrrole nitrogens is 1. The normalized spacial score (nSPS) is 18.8. The van der Waals surface area contributed by atoms with Crippen molar-refractivity contribution in [2.45, 2.75) is 19.4 Å². The third-order valence-electron chi connectivity index (χ3n) is 3.79. The zero-order valence-corrected chi connectivity index (χ0v) is 10.9. The molecule has 100 valence electrons. The van der Waals surface area contributed by atoms with Gasteiger partial charge in [-0.2, -0.15) is 0 Å². The van der Waals surface area contributed by atoms with Crippen molar-refractivity contribution in [3.8, 4) is 0 Å². The van der Waals surface area contributed by atoms with Crippen LogP contribution < -0.4 is 10.6 Å². The molecule has 1 aromatic carbocycles. The maximum Gasteiger partial charge on any atom is 0.220 e. The van der Waals surface area contributed by atoms with Crippen LogP contribution in [0.4, 0.5) is 0 Å². The van der Waals surface area contributed by atoms with Gasteiger partial charge in [0.2, 0.25) is 5.91 Å². The molecule has 3 rings (SSSR count). The molecule has 4 nitrogen and oxygen atoms in total. The molecule has 1 amide bonds. The Labute approximate surface area is 112 Å². The zero-order chi connectivity index (χ0) is 13.1. The third kappa shape index (κ3) is 2.79. The molecule has 0 aliphatic carbocycles. The summed E-state index contributed by atoms with van der Waals surface area (Å²) in [7, 11) is 0.